The Morgan fingerprint density at radius 1 is 1.13 bits per heavy atom. The average Bonchev–Trinajstić information content (AvgIpc) is 3.22. The molecular formula is C23H28BrN3O3. The van der Waals surface area contributed by atoms with Crippen LogP contribution in [0, 0.1) is 0 Å². The molecule has 7 heteroatoms. The maximum atomic E-state index is 13.2. The van der Waals surface area contributed by atoms with E-state index in [0.29, 0.717) is 24.5 Å². The first kappa shape index (κ1) is 22.3. The van der Waals surface area contributed by atoms with E-state index < -0.39 is 0 Å². The number of halogens is 1. The molecule has 1 heterocycles. The first-order valence-electron chi connectivity index (χ1n) is 10.1. The minimum atomic E-state index is -0.150. The predicted molar refractivity (Wildman–Crippen MR) is 122 cm³/mol. The summed E-state index contributed by atoms with van der Waals surface area (Å²) in [7, 11) is 3.25. The third kappa shape index (κ3) is 4.84. The van der Waals surface area contributed by atoms with Crippen molar-refractivity contribution < 1.29 is 14.3 Å². The van der Waals surface area contributed by atoms with Crippen molar-refractivity contribution in [2.24, 2.45) is 5.10 Å². The first-order valence-corrected chi connectivity index (χ1v) is 10.9. The molecule has 0 spiro atoms. The van der Waals surface area contributed by atoms with Gasteiger partial charge >= 0.3 is 0 Å². The number of methoxy groups -OCH3 is 2. The van der Waals surface area contributed by atoms with Crippen LogP contribution in [0.3, 0.4) is 0 Å². The lowest BCUT2D eigenvalue weighted by atomic mass is 9.98. The fourth-order valence-electron chi connectivity index (χ4n) is 3.60. The van der Waals surface area contributed by atoms with Crippen molar-refractivity contribution in [3.8, 4) is 11.5 Å². The minimum absolute atomic E-state index is 0.00547. The first-order chi connectivity index (χ1) is 14.5. The van der Waals surface area contributed by atoms with Crippen LogP contribution in [-0.2, 0) is 4.79 Å². The van der Waals surface area contributed by atoms with Crippen LogP contribution in [-0.4, -0.2) is 55.4 Å². The van der Waals surface area contributed by atoms with Crippen molar-refractivity contribution in [3.05, 3.63) is 58.1 Å². The van der Waals surface area contributed by atoms with E-state index in [4.69, 9.17) is 14.6 Å². The lowest BCUT2D eigenvalue weighted by Gasteiger charge is -2.25. The Morgan fingerprint density at radius 2 is 1.83 bits per heavy atom. The van der Waals surface area contributed by atoms with Gasteiger partial charge in [0.1, 0.15) is 11.5 Å². The molecule has 0 saturated carbocycles. The highest BCUT2D eigenvalue weighted by Gasteiger charge is 2.34. The number of hydrogen-bond acceptors (Lipinski definition) is 5. The Bertz CT molecular complexity index is 910. The molecule has 2 aromatic rings. The van der Waals surface area contributed by atoms with Gasteiger partial charge < -0.3 is 9.47 Å². The van der Waals surface area contributed by atoms with Gasteiger partial charge in [-0.3, -0.25) is 9.69 Å². The lowest BCUT2D eigenvalue weighted by Crippen LogP contribution is -2.38. The van der Waals surface area contributed by atoms with Gasteiger partial charge in [-0.1, -0.05) is 41.9 Å². The maximum Gasteiger partial charge on any atom is 0.257 e. The van der Waals surface area contributed by atoms with E-state index in [0.717, 1.165) is 34.4 Å². The second-order valence-corrected chi connectivity index (χ2v) is 8.00. The normalized spacial score (nSPS) is 16.0. The Labute approximate surface area is 186 Å². The summed E-state index contributed by atoms with van der Waals surface area (Å²) in [5.74, 6) is 1.39. The van der Waals surface area contributed by atoms with Crippen LogP contribution < -0.4 is 9.47 Å². The van der Waals surface area contributed by atoms with Crippen LogP contribution in [0.4, 0.5) is 0 Å². The van der Waals surface area contributed by atoms with Crippen molar-refractivity contribution in [1.29, 1.82) is 0 Å². The van der Waals surface area contributed by atoms with Gasteiger partial charge in [0, 0.05) is 22.5 Å². The average molecular weight is 474 g/mol. The molecule has 0 fully saturated rings. The van der Waals surface area contributed by atoms with Gasteiger partial charge in [-0.25, -0.2) is 5.01 Å². The van der Waals surface area contributed by atoms with Crippen molar-refractivity contribution in [1.82, 2.24) is 9.91 Å². The van der Waals surface area contributed by atoms with E-state index in [9.17, 15) is 4.79 Å². The molecule has 160 valence electrons. The van der Waals surface area contributed by atoms with Gasteiger partial charge in [-0.05, 0) is 42.9 Å². The van der Waals surface area contributed by atoms with E-state index in [-0.39, 0.29) is 11.9 Å². The van der Waals surface area contributed by atoms with Gasteiger partial charge in [0.15, 0.2) is 0 Å². The van der Waals surface area contributed by atoms with Gasteiger partial charge in [-0.2, -0.15) is 5.10 Å². The summed E-state index contributed by atoms with van der Waals surface area (Å²) < 4.78 is 11.9. The summed E-state index contributed by atoms with van der Waals surface area (Å²) in [6.45, 7) is 6.11. The molecule has 0 N–H and O–H groups in total. The second kappa shape index (κ2) is 10.1. The molecule has 3 rings (SSSR count). The van der Waals surface area contributed by atoms with Crippen LogP contribution in [0.5, 0.6) is 11.5 Å². The number of nitrogens with zero attached hydrogens (tertiary/aromatic N) is 3. The highest BCUT2D eigenvalue weighted by atomic mass is 79.9. The highest BCUT2D eigenvalue weighted by molar-refractivity contribution is 9.10. The molecule has 0 radical (unpaired) electrons. The summed E-state index contributed by atoms with van der Waals surface area (Å²) in [5, 5.41) is 6.40. The molecule has 0 aliphatic carbocycles. The zero-order valence-corrected chi connectivity index (χ0v) is 19.5. The second-order valence-electron chi connectivity index (χ2n) is 7.08. The molecule has 1 atom stereocenters. The summed E-state index contributed by atoms with van der Waals surface area (Å²) in [4.78, 5) is 15.3. The van der Waals surface area contributed by atoms with E-state index in [1.54, 1.807) is 19.2 Å². The molecule has 1 amide bonds. The molecule has 1 aliphatic rings. The molecule has 1 aliphatic heterocycles. The van der Waals surface area contributed by atoms with Gasteiger partial charge in [-0.15, -0.1) is 0 Å². The number of rotatable bonds is 8. The summed E-state index contributed by atoms with van der Waals surface area (Å²) >= 11 is 3.49. The highest BCUT2D eigenvalue weighted by Crippen LogP contribution is 2.36. The number of likely N-dealkylation sites (N-methyl/N-ethyl adjacent to an activating group) is 1. The van der Waals surface area contributed by atoms with Crippen molar-refractivity contribution >= 4 is 27.5 Å². The summed E-state index contributed by atoms with van der Waals surface area (Å²) in [6, 6.07) is 13.6. The fraction of sp³-hybridized carbons (Fsp3) is 0.391. The monoisotopic (exact) mass is 473 g/mol. The molecule has 30 heavy (non-hydrogen) atoms. The number of hydrogen-bond donors (Lipinski definition) is 0. The van der Waals surface area contributed by atoms with Crippen LogP contribution in [0.25, 0.3) is 0 Å². The molecule has 6 nitrogen and oxygen atoms in total. The summed E-state index contributed by atoms with van der Waals surface area (Å²) in [6.07, 6.45) is 0.619. The van der Waals surface area contributed by atoms with Crippen molar-refractivity contribution in [3.63, 3.8) is 0 Å². The third-order valence-corrected chi connectivity index (χ3v) is 5.92. The standard InChI is InChI=1S/C23H28BrN3O3/c1-5-26(6-2)15-23(28)27-21(16-7-9-17(24)10-8-16)14-20(25-27)19-12-11-18(29-3)13-22(19)30-4/h7-13,21H,5-6,14-15H2,1-4H3/t21-/m1/s1. The van der Waals surface area contributed by atoms with Gasteiger partial charge in [0.05, 0.1) is 32.5 Å². The Hall–Kier alpha value is -2.38. The quantitative estimate of drug-likeness (QED) is 0.566. The molecule has 2 aromatic carbocycles. The smallest absolute Gasteiger partial charge is 0.257 e. The summed E-state index contributed by atoms with van der Waals surface area (Å²) in [5.41, 5.74) is 2.76. The Morgan fingerprint density at radius 3 is 2.43 bits per heavy atom. The third-order valence-electron chi connectivity index (χ3n) is 5.39. The lowest BCUT2D eigenvalue weighted by molar-refractivity contribution is -0.134. The number of hydrazone groups is 1. The minimum Gasteiger partial charge on any atom is -0.497 e. The topological polar surface area (TPSA) is 54.4 Å². The molecule has 0 bridgehead atoms. The number of benzene rings is 2. The van der Waals surface area contributed by atoms with Crippen LogP contribution in [0.15, 0.2) is 52.0 Å². The molecule has 0 unspecified atom stereocenters. The van der Waals surface area contributed by atoms with Crippen LogP contribution in [0.1, 0.15) is 37.4 Å². The zero-order chi connectivity index (χ0) is 21.7. The van der Waals surface area contributed by atoms with E-state index >= 15 is 0 Å². The van der Waals surface area contributed by atoms with Gasteiger partial charge in [0.25, 0.3) is 5.91 Å². The number of ether oxygens (including phenoxy) is 2. The Balaban J connectivity index is 1.97. The maximum absolute atomic E-state index is 13.2. The largest absolute Gasteiger partial charge is 0.497 e. The predicted octanol–water partition coefficient (Wildman–Crippen LogP) is 4.49. The van der Waals surface area contributed by atoms with E-state index in [1.807, 2.05) is 42.5 Å². The Kier molecular flexibility index (Phi) is 7.50. The molecule has 0 aromatic heterocycles. The van der Waals surface area contributed by atoms with Crippen LogP contribution >= 0.6 is 15.9 Å². The fourth-order valence-corrected chi connectivity index (χ4v) is 3.86. The van der Waals surface area contributed by atoms with Crippen molar-refractivity contribution in [2.75, 3.05) is 33.9 Å². The molecule has 0 saturated heterocycles. The van der Waals surface area contributed by atoms with E-state index in [1.165, 1.54) is 0 Å². The van der Waals surface area contributed by atoms with Gasteiger partial charge in [0.2, 0.25) is 0 Å². The van der Waals surface area contributed by atoms with Crippen LogP contribution in [0.2, 0.25) is 0 Å². The number of carbonyl (C=O) groups is 1. The van der Waals surface area contributed by atoms with E-state index in [2.05, 4.69) is 34.7 Å². The van der Waals surface area contributed by atoms with Crippen molar-refractivity contribution in [2.45, 2.75) is 26.3 Å². The number of amides is 1. The zero-order valence-electron chi connectivity index (χ0n) is 17.9. The molecular weight excluding hydrogens is 446 g/mol. The number of carbonyl (C=O) groups excluding carboxylic acids is 1. The SMILES string of the molecule is CCN(CC)CC(=O)N1N=C(c2ccc(OC)cc2OC)C[C@@H]1c1ccc(Br)cc1.